The van der Waals surface area contributed by atoms with Crippen LogP contribution in [0.5, 0.6) is 5.75 Å². The van der Waals surface area contributed by atoms with E-state index in [-0.39, 0.29) is 18.2 Å². The van der Waals surface area contributed by atoms with Gasteiger partial charge in [0.1, 0.15) is 11.8 Å². The number of carbonyl (C=O) groups excluding carboxylic acids is 2. The van der Waals surface area contributed by atoms with E-state index in [1.165, 1.54) is 0 Å². The standard InChI is InChI=1S/C15H22ClN3O3/c1-4-17-15(21)10(2)19-14(20)7-8-18-12-9-11(16)5-6-13(12)22-3/h5-6,9-10,18H,4,7-8H2,1-3H3,(H,17,21)(H,19,20)/t10-/m1/s1. The number of amides is 2. The maximum absolute atomic E-state index is 11.8. The number of methoxy groups -OCH3 is 1. The summed E-state index contributed by atoms with van der Waals surface area (Å²) in [6.07, 6.45) is 0.236. The molecule has 0 saturated heterocycles. The Hall–Kier alpha value is -1.95. The molecule has 22 heavy (non-hydrogen) atoms. The lowest BCUT2D eigenvalue weighted by Gasteiger charge is -2.14. The zero-order valence-electron chi connectivity index (χ0n) is 13.0. The van der Waals surface area contributed by atoms with E-state index < -0.39 is 6.04 Å². The van der Waals surface area contributed by atoms with Gasteiger partial charge >= 0.3 is 0 Å². The minimum Gasteiger partial charge on any atom is -0.495 e. The van der Waals surface area contributed by atoms with Gasteiger partial charge in [-0.1, -0.05) is 11.6 Å². The maximum Gasteiger partial charge on any atom is 0.242 e. The molecule has 0 radical (unpaired) electrons. The Kier molecular flexibility index (Phi) is 7.52. The third-order valence-corrected chi connectivity index (χ3v) is 3.19. The number of hydrogen-bond acceptors (Lipinski definition) is 4. The molecule has 0 aliphatic heterocycles. The average molecular weight is 328 g/mol. The Labute approximate surface area is 135 Å². The SMILES string of the molecule is CCNC(=O)[C@@H](C)NC(=O)CCNc1cc(Cl)ccc1OC. The van der Waals surface area contributed by atoms with Crippen molar-refractivity contribution in [2.24, 2.45) is 0 Å². The van der Waals surface area contributed by atoms with E-state index in [1.54, 1.807) is 32.2 Å². The van der Waals surface area contributed by atoms with Crippen LogP contribution in [0.1, 0.15) is 20.3 Å². The van der Waals surface area contributed by atoms with E-state index in [1.807, 2.05) is 6.92 Å². The van der Waals surface area contributed by atoms with Gasteiger partial charge in [0.05, 0.1) is 12.8 Å². The fraction of sp³-hybridized carbons (Fsp3) is 0.467. The molecule has 0 spiro atoms. The molecule has 0 heterocycles. The quantitative estimate of drug-likeness (QED) is 0.680. The van der Waals surface area contributed by atoms with E-state index in [0.717, 1.165) is 5.69 Å². The van der Waals surface area contributed by atoms with Crippen LogP contribution in [0.3, 0.4) is 0 Å². The number of halogens is 1. The highest BCUT2D eigenvalue weighted by atomic mass is 35.5. The second kappa shape index (κ2) is 9.15. The molecule has 6 nitrogen and oxygen atoms in total. The molecule has 2 amide bonds. The first-order chi connectivity index (χ1) is 10.5. The van der Waals surface area contributed by atoms with E-state index in [9.17, 15) is 9.59 Å². The molecule has 3 N–H and O–H groups in total. The van der Waals surface area contributed by atoms with Crippen molar-refractivity contribution in [3.05, 3.63) is 23.2 Å². The van der Waals surface area contributed by atoms with Gasteiger partial charge in [-0.05, 0) is 32.0 Å². The van der Waals surface area contributed by atoms with Crippen molar-refractivity contribution >= 4 is 29.1 Å². The highest BCUT2D eigenvalue weighted by Crippen LogP contribution is 2.27. The lowest BCUT2D eigenvalue weighted by atomic mass is 10.2. The van der Waals surface area contributed by atoms with Gasteiger partial charge in [0.25, 0.3) is 0 Å². The summed E-state index contributed by atoms with van der Waals surface area (Å²) in [5.74, 6) is 0.257. The Morgan fingerprint density at radius 1 is 1.36 bits per heavy atom. The van der Waals surface area contributed by atoms with Gasteiger partial charge in [0.15, 0.2) is 0 Å². The topological polar surface area (TPSA) is 79.5 Å². The molecule has 0 bridgehead atoms. The highest BCUT2D eigenvalue weighted by Gasteiger charge is 2.14. The summed E-state index contributed by atoms with van der Waals surface area (Å²) in [6.45, 7) is 4.42. The second-order valence-corrected chi connectivity index (χ2v) is 5.14. The number of likely N-dealkylation sites (N-methyl/N-ethyl adjacent to an activating group) is 1. The highest BCUT2D eigenvalue weighted by molar-refractivity contribution is 6.30. The molecular weight excluding hydrogens is 306 g/mol. The van der Waals surface area contributed by atoms with Crippen molar-refractivity contribution in [2.75, 3.05) is 25.5 Å². The fourth-order valence-electron chi connectivity index (χ4n) is 1.84. The molecule has 7 heteroatoms. The van der Waals surface area contributed by atoms with Crippen LogP contribution in [0.4, 0.5) is 5.69 Å². The van der Waals surface area contributed by atoms with Crippen molar-refractivity contribution in [3.8, 4) is 5.75 Å². The van der Waals surface area contributed by atoms with Gasteiger partial charge in [0, 0.05) is 24.5 Å². The van der Waals surface area contributed by atoms with E-state index in [0.29, 0.717) is 23.9 Å². The molecule has 0 aromatic heterocycles. The van der Waals surface area contributed by atoms with Crippen LogP contribution in [-0.2, 0) is 9.59 Å². The van der Waals surface area contributed by atoms with Crippen LogP contribution >= 0.6 is 11.6 Å². The van der Waals surface area contributed by atoms with E-state index >= 15 is 0 Å². The molecule has 0 aliphatic rings. The first-order valence-corrected chi connectivity index (χ1v) is 7.50. The van der Waals surface area contributed by atoms with Gasteiger partial charge in [-0.15, -0.1) is 0 Å². The average Bonchev–Trinajstić information content (AvgIpc) is 2.47. The van der Waals surface area contributed by atoms with Crippen LogP contribution < -0.4 is 20.7 Å². The summed E-state index contributed by atoms with van der Waals surface area (Å²) in [5, 5.41) is 8.97. The van der Waals surface area contributed by atoms with E-state index in [4.69, 9.17) is 16.3 Å². The molecule has 1 aromatic carbocycles. The number of ether oxygens (including phenoxy) is 1. The smallest absolute Gasteiger partial charge is 0.242 e. The van der Waals surface area contributed by atoms with Crippen LogP contribution in [0, 0.1) is 0 Å². The fourth-order valence-corrected chi connectivity index (χ4v) is 2.01. The van der Waals surface area contributed by atoms with Crippen molar-refractivity contribution in [3.63, 3.8) is 0 Å². The summed E-state index contributed by atoms with van der Waals surface area (Å²) in [4.78, 5) is 23.3. The maximum atomic E-state index is 11.8. The summed E-state index contributed by atoms with van der Waals surface area (Å²) >= 11 is 5.93. The normalized spacial score (nSPS) is 11.5. The van der Waals surface area contributed by atoms with Crippen LogP contribution in [-0.4, -0.2) is 38.1 Å². The number of benzene rings is 1. The van der Waals surface area contributed by atoms with Gasteiger partial charge in [-0.25, -0.2) is 0 Å². The second-order valence-electron chi connectivity index (χ2n) is 4.71. The Balaban J connectivity index is 2.42. The molecule has 1 atom stereocenters. The van der Waals surface area contributed by atoms with Gasteiger partial charge < -0.3 is 20.7 Å². The number of carbonyl (C=O) groups is 2. The molecule has 0 aliphatic carbocycles. The summed E-state index contributed by atoms with van der Waals surface area (Å²) in [7, 11) is 1.56. The third kappa shape index (κ3) is 5.81. The summed E-state index contributed by atoms with van der Waals surface area (Å²) in [6, 6.07) is 4.66. The molecule has 1 rings (SSSR count). The molecule has 122 valence electrons. The van der Waals surface area contributed by atoms with Crippen molar-refractivity contribution in [1.82, 2.24) is 10.6 Å². The van der Waals surface area contributed by atoms with Crippen LogP contribution in [0.15, 0.2) is 18.2 Å². The first-order valence-electron chi connectivity index (χ1n) is 7.12. The summed E-state index contributed by atoms with van der Waals surface area (Å²) in [5.41, 5.74) is 0.722. The molecular formula is C15H22ClN3O3. The molecule has 0 unspecified atom stereocenters. The minimum atomic E-state index is -0.548. The molecule has 0 saturated carbocycles. The lowest BCUT2D eigenvalue weighted by Crippen LogP contribution is -2.45. The van der Waals surface area contributed by atoms with Gasteiger partial charge in [-0.3, -0.25) is 9.59 Å². The third-order valence-electron chi connectivity index (χ3n) is 2.95. The Bertz CT molecular complexity index is 523. The Morgan fingerprint density at radius 3 is 2.73 bits per heavy atom. The Morgan fingerprint density at radius 2 is 2.09 bits per heavy atom. The molecule has 0 fully saturated rings. The first kappa shape index (κ1) is 18.1. The largest absolute Gasteiger partial charge is 0.495 e. The number of rotatable bonds is 8. The monoisotopic (exact) mass is 327 g/mol. The van der Waals surface area contributed by atoms with Gasteiger partial charge in [0.2, 0.25) is 11.8 Å². The summed E-state index contributed by atoms with van der Waals surface area (Å²) < 4.78 is 5.21. The van der Waals surface area contributed by atoms with Crippen molar-refractivity contribution in [1.29, 1.82) is 0 Å². The zero-order chi connectivity index (χ0) is 16.5. The number of hydrogen-bond donors (Lipinski definition) is 3. The minimum absolute atomic E-state index is 0.194. The van der Waals surface area contributed by atoms with Crippen molar-refractivity contribution < 1.29 is 14.3 Å². The lowest BCUT2D eigenvalue weighted by molar-refractivity contribution is -0.128. The van der Waals surface area contributed by atoms with Crippen LogP contribution in [0.25, 0.3) is 0 Å². The predicted molar refractivity (Wildman–Crippen MR) is 87.4 cm³/mol. The zero-order valence-corrected chi connectivity index (χ0v) is 13.8. The molecule has 1 aromatic rings. The van der Waals surface area contributed by atoms with Gasteiger partial charge in [-0.2, -0.15) is 0 Å². The number of anilines is 1. The van der Waals surface area contributed by atoms with E-state index in [2.05, 4.69) is 16.0 Å². The number of nitrogens with one attached hydrogen (secondary N) is 3. The predicted octanol–water partition coefficient (Wildman–Crippen LogP) is 1.79. The van der Waals surface area contributed by atoms with Crippen molar-refractivity contribution in [2.45, 2.75) is 26.3 Å². The van der Waals surface area contributed by atoms with Crippen LogP contribution in [0.2, 0.25) is 5.02 Å².